The smallest absolute Gasteiger partial charge is 0.109 e. The fourth-order valence-corrected chi connectivity index (χ4v) is 2.47. The summed E-state index contributed by atoms with van der Waals surface area (Å²) in [6.45, 7) is 6.39. The minimum atomic E-state index is 0.0106. The molecule has 0 spiro atoms. The molecule has 0 saturated heterocycles. The Kier molecular flexibility index (Phi) is 4.90. The second-order valence-corrected chi connectivity index (χ2v) is 5.05. The van der Waals surface area contributed by atoms with E-state index in [0.29, 0.717) is 0 Å². The van der Waals surface area contributed by atoms with E-state index in [2.05, 4.69) is 36.5 Å². The normalized spacial score (nSPS) is 14.2. The van der Waals surface area contributed by atoms with Crippen molar-refractivity contribution in [1.82, 2.24) is 14.8 Å². The van der Waals surface area contributed by atoms with Gasteiger partial charge in [-0.1, -0.05) is 26.8 Å². The molecule has 4 nitrogen and oxygen atoms in total. The van der Waals surface area contributed by atoms with Crippen LogP contribution in [0.2, 0.25) is 0 Å². The third-order valence-electron chi connectivity index (χ3n) is 3.72. The molecule has 2 heterocycles. The number of nitrogens with two attached hydrogens (primary N) is 1. The van der Waals surface area contributed by atoms with Crippen LogP contribution in [0.4, 0.5) is 0 Å². The molecule has 2 rings (SSSR count). The molecule has 0 bridgehead atoms. The van der Waals surface area contributed by atoms with Crippen LogP contribution in [-0.2, 0) is 12.8 Å². The minimum absolute atomic E-state index is 0.0106. The van der Waals surface area contributed by atoms with E-state index >= 15 is 0 Å². The van der Waals surface area contributed by atoms with Crippen molar-refractivity contribution in [3.8, 4) is 0 Å². The van der Waals surface area contributed by atoms with Gasteiger partial charge in [0, 0.05) is 17.9 Å². The number of aryl methyl sites for hydroxylation is 2. The lowest BCUT2D eigenvalue weighted by Crippen LogP contribution is -2.34. The highest BCUT2D eigenvalue weighted by molar-refractivity contribution is 5.18. The van der Waals surface area contributed by atoms with E-state index in [-0.39, 0.29) is 12.1 Å². The van der Waals surface area contributed by atoms with Crippen LogP contribution in [-0.4, -0.2) is 20.8 Å². The molecule has 0 aliphatic rings. The molecule has 108 valence electrons. The lowest BCUT2D eigenvalue weighted by Gasteiger charge is -2.24. The molecule has 2 N–H and O–H groups in total. The Morgan fingerprint density at radius 1 is 1.20 bits per heavy atom. The number of pyridine rings is 1. The molecule has 0 aliphatic carbocycles. The molecule has 0 fully saturated rings. The summed E-state index contributed by atoms with van der Waals surface area (Å²) in [5, 5.41) is 4.74. The van der Waals surface area contributed by atoms with E-state index < -0.39 is 0 Å². The molecule has 2 atom stereocenters. The summed E-state index contributed by atoms with van der Waals surface area (Å²) in [6, 6.07) is 8.18. The molecule has 2 aromatic heterocycles. The third-order valence-corrected chi connectivity index (χ3v) is 3.72. The van der Waals surface area contributed by atoms with Gasteiger partial charge in [0.15, 0.2) is 0 Å². The van der Waals surface area contributed by atoms with Gasteiger partial charge in [-0.3, -0.25) is 9.67 Å². The van der Waals surface area contributed by atoms with Gasteiger partial charge >= 0.3 is 0 Å². The van der Waals surface area contributed by atoms with E-state index in [1.807, 2.05) is 24.4 Å². The summed E-state index contributed by atoms with van der Waals surface area (Å²) in [5.41, 5.74) is 9.68. The van der Waals surface area contributed by atoms with E-state index in [4.69, 9.17) is 10.8 Å². The van der Waals surface area contributed by atoms with Crippen LogP contribution in [0.3, 0.4) is 0 Å². The zero-order chi connectivity index (χ0) is 14.5. The maximum atomic E-state index is 6.35. The Morgan fingerprint density at radius 2 is 2.00 bits per heavy atom. The van der Waals surface area contributed by atoms with Crippen molar-refractivity contribution in [3.63, 3.8) is 0 Å². The Bertz CT molecular complexity index is 533. The second-order valence-electron chi connectivity index (χ2n) is 5.05. The number of aromatic nitrogens is 3. The monoisotopic (exact) mass is 272 g/mol. The molecule has 2 unspecified atom stereocenters. The Hall–Kier alpha value is -1.68. The van der Waals surface area contributed by atoms with Crippen LogP contribution in [0.1, 0.15) is 50.3 Å². The summed E-state index contributed by atoms with van der Waals surface area (Å²) < 4.78 is 2.08. The van der Waals surface area contributed by atoms with Crippen LogP contribution >= 0.6 is 0 Å². The van der Waals surface area contributed by atoms with Gasteiger partial charge in [0.25, 0.3) is 0 Å². The number of nitrogens with zero attached hydrogens (tertiary/aromatic N) is 3. The molecule has 20 heavy (non-hydrogen) atoms. The Morgan fingerprint density at radius 3 is 2.55 bits per heavy atom. The van der Waals surface area contributed by atoms with E-state index in [1.165, 1.54) is 5.69 Å². The zero-order valence-corrected chi connectivity index (χ0v) is 12.6. The molecular weight excluding hydrogens is 248 g/mol. The molecule has 0 aliphatic heterocycles. The van der Waals surface area contributed by atoms with Gasteiger partial charge in [-0.15, -0.1) is 0 Å². The number of rotatable bonds is 6. The zero-order valence-electron chi connectivity index (χ0n) is 12.6. The van der Waals surface area contributed by atoms with Crippen molar-refractivity contribution in [2.45, 2.75) is 52.1 Å². The largest absolute Gasteiger partial charge is 0.326 e. The fourth-order valence-electron chi connectivity index (χ4n) is 2.47. The molecule has 0 aromatic carbocycles. The Labute approximate surface area is 121 Å². The first-order valence-electron chi connectivity index (χ1n) is 7.45. The highest BCUT2D eigenvalue weighted by Crippen LogP contribution is 2.23. The van der Waals surface area contributed by atoms with E-state index in [9.17, 15) is 0 Å². The topological polar surface area (TPSA) is 56.7 Å². The van der Waals surface area contributed by atoms with Gasteiger partial charge in [-0.05, 0) is 37.5 Å². The quantitative estimate of drug-likeness (QED) is 0.879. The summed E-state index contributed by atoms with van der Waals surface area (Å²) in [7, 11) is 0. The third kappa shape index (κ3) is 2.90. The molecular formula is C16H24N4. The SMILES string of the molecule is CCc1cc(CC)n(C(c2ccccn2)C(N)CC)n1. The van der Waals surface area contributed by atoms with Gasteiger partial charge in [0.2, 0.25) is 0 Å². The van der Waals surface area contributed by atoms with Crippen molar-refractivity contribution in [2.24, 2.45) is 5.73 Å². The fraction of sp³-hybridized carbons (Fsp3) is 0.500. The van der Waals surface area contributed by atoms with E-state index in [1.54, 1.807) is 0 Å². The van der Waals surface area contributed by atoms with Crippen LogP contribution in [0, 0.1) is 0 Å². The molecule has 0 saturated carbocycles. The predicted molar refractivity (Wildman–Crippen MR) is 81.6 cm³/mol. The first kappa shape index (κ1) is 14.7. The molecule has 0 radical (unpaired) electrons. The van der Waals surface area contributed by atoms with Crippen LogP contribution in [0.25, 0.3) is 0 Å². The van der Waals surface area contributed by atoms with Gasteiger partial charge in [0.05, 0.1) is 11.4 Å². The summed E-state index contributed by atoms with van der Waals surface area (Å²) in [6.07, 6.45) is 4.61. The summed E-state index contributed by atoms with van der Waals surface area (Å²) in [5.74, 6) is 0. The average Bonchev–Trinajstić information content (AvgIpc) is 2.91. The maximum absolute atomic E-state index is 6.35. The first-order chi connectivity index (χ1) is 9.71. The lowest BCUT2D eigenvalue weighted by atomic mass is 10.0. The average molecular weight is 272 g/mol. The van der Waals surface area contributed by atoms with E-state index in [0.717, 1.165) is 30.7 Å². The number of hydrogen-bond acceptors (Lipinski definition) is 3. The van der Waals surface area contributed by atoms with Crippen molar-refractivity contribution in [1.29, 1.82) is 0 Å². The highest BCUT2D eigenvalue weighted by Gasteiger charge is 2.24. The molecule has 2 aromatic rings. The summed E-state index contributed by atoms with van der Waals surface area (Å²) >= 11 is 0. The van der Waals surface area contributed by atoms with Crippen molar-refractivity contribution in [3.05, 3.63) is 47.5 Å². The predicted octanol–water partition coefficient (Wildman–Crippen LogP) is 2.73. The highest BCUT2D eigenvalue weighted by atomic mass is 15.3. The number of hydrogen-bond donors (Lipinski definition) is 1. The van der Waals surface area contributed by atoms with Crippen LogP contribution < -0.4 is 5.73 Å². The maximum Gasteiger partial charge on any atom is 0.109 e. The lowest BCUT2D eigenvalue weighted by molar-refractivity contribution is 0.403. The van der Waals surface area contributed by atoms with Gasteiger partial charge in [-0.2, -0.15) is 5.10 Å². The standard InChI is InChI=1S/C16H24N4/c1-4-12-11-13(5-2)20(19-12)16(14(17)6-3)15-9-7-8-10-18-15/h7-11,14,16H,4-6,17H2,1-3H3. The minimum Gasteiger partial charge on any atom is -0.326 e. The van der Waals surface area contributed by atoms with Gasteiger partial charge in [0.1, 0.15) is 6.04 Å². The van der Waals surface area contributed by atoms with Gasteiger partial charge < -0.3 is 5.73 Å². The Balaban J connectivity index is 2.49. The van der Waals surface area contributed by atoms with Crippen LogP contribution in [0.5, 0.6) is 0 Å². The van der Waals surface area contributed by atoms with Gasteiger partial charge in [-0.25, -0.2) is 0 Å². The molecule has 4 heteroatoms. The molecule has 0 amide bonds. The summed E-state index contributed by atoms with van der Waals surface area (Å²) in [4.78, 5) is 4.49. The van der Waals surface area contributed by atoms with Crippen LogP contribution in [0.15, 0.2) is 30.5 Å². The first-order valence-corrected chi connectivity index (χ1v) is 7.45. The second kappa shape index (κ2) is 6.66. The van der Waals surface area contributed by atoms with Crippen molar-refractivity contribution < 1.29 is 0 Å². The van der Waals surface area contributed by atoms with Crippen molar-refractivity contribution in [2.75, 3.05) is 0 Å². The van der Waals surface area contributed by atoms with Crippen molar-refractivity contribution >= 4 is 0 Å².